The summed E-state index contributed by atoms with van der Waals surface area (Å²) in [6.45, 7) is 1.78. The Bertz CT molecular complexity index is 381. The maximum atomic E-state index is 10.7. The van der Waals surface area contributed by atoms with Crippen LogP contribution in [0.25, 0.3) is 0 Å². The lowest BCUT2D eigenvalue weighted by Crippen LogP contribution is -2.40. The maximum Gasteiger partial charge on any atom is 0.150 e. The predicted octanol–water partition coefficient (Wildman–Crippen LogP) is 1.41. The third-order valence-corrected chi connectivity index (χ3v) is 3.37. The van der Waals surface area contributed by atoms with Crippen molar-refractivity contribution in [3.05, 3.63) is 35.4 Å². The molecule has 0 spiro atoms. The van der Waals surface area contributed by atoms with Crippen LogP contribution in [-0.2, 0) is 5.60 Å². The van der Waals surface area contributed by atoms with E-state index in [0.29, 0.717) is 5.56 Å². The molecule has 1 aromatic rings. The summed E-state index contributed by atoms with van der Waals surface area (Å²) in [5, 5.41) is 10.5. The average Bonchev–Trinajstić information content (AvgIpc) is 2.33. The van der Waals surface area contributed by atoms with Gasteiger partial charge in [0, 0.05) is 18.7 Å². The summed E-state index contributed by atoms with van der Waals surface area (Å²) < 4.78 is 0. The van der Waals surface area contributed by atoms with Gasteiger partial charge in [0.25, 0.3) is 0 Å². The molecule has 2 rings (SSSR count). The van der Waals surface area contributed by atoms with Crippen molar-refractivity contribution in [3.8, 4) is 0 Å². The van der Waals surface area contributed by atoms with Gasteiger partial charge in [-0.05, 0) is 31.5 Å². The predicted molar refractivity (Wildman–Crippen MR) is 62.5 cm³/mol. The van der Waals surface area contributed by atoms with Crippen molar-refractivity contribution in [1.29, 1.82) is 0 Å². The minimum atomic E-state index is -0.758. The van der Waals surface area contributed by atoms with E-state index in [-0.39, 0.29) is 0 Å². The first-order valence-electron chi connectivity index (χ1n) is 5.61. The lowest BCUT2D eigenvalue weighted by molar-refractivity contribution is -0.0203. The Morgan fingerprint density at radius 3 is 2.69 bits per heavy atom. The van der Waals surface area contributed by atoms with E-state index in [4.69, 9.17) is 0 Å². The van der Waals surface area contributed by atoms with Crippen LogP contribution in [0.3, 0.4) is 0 Å². The molecule has 0 saturated carbocycles. The lowest BCUT2D eigenvalue weighted by Gasteiger charge is -2.37. The Kier molecular flexibility index (Phi) is 3.08. The number of aliphatic hydroxyl groups is 1. The van der Waals surface area contributed by atoms with E-state index in [0.717, 1.165) is 37.8 Å². The Morgan fingerprint density at radius 1 is 1.38 bits per heavy atom. The third-order valence-electron chi connectivity index (χ3n) is 3.37. The van der Waals surface area contributed by atoms with Crippen molar-refractivity contribution >= 4 is 6.29 Å². The monoisotopic (exact) mass is 219 g/mol. The van der Waals surface area contributed by atoms with Gasteiger partial charge in [-0.3, -0.25) is 4.79 Å². The molecule has 1 N–H and O–H groups in total. The van der Waals surface area contributed by atoms with Crippen LogP contribution >= 0.6 is 0 Å². The van der Waals surface area contributed by atoms with Crippen LogP contribution in [0.15, 0.2) is 24.3 Å². The molecule has 1 aliphatic heterocycles. The van der Waals surface area contributed by atoms with E-state index < -0.39 is 5.60 Å². The Hall–Kier alpha value is -1.19. The first-order valence-corrected chi connectivity index (χ1v) is 5.61. The first-order chi connectivity index (χ1) is 7.64. The molecule has 0 unspecified atom stereocenters. The summed E-state index contributed by atoms with van der Waals surface area (Å²) in [6, 6.07) is 7.28. The molecule has 86 valence electrons. The molecule has 1 fully saturated rings. The van der Waals surface area contributed by atoms with E-state index in [9.17, 15) is 9.90 Å². The van der Waals surface area contributed by atoms with Gasteiger partial charge >= 0.3 is 0 Å². The van der Waals surface area contributed by atoms with Crippen LogP contribution in [0.1, 0.15) is 28.8 Å². The van der Waals surface area contributed by atoms with Gasteiger partial charge in [0.05, 0.1) is 5.60 Å². The number of benzene rings is 1. The number of carbonyl (C=O) groups excluding carboxylic acids is 1. The van der Waals surface area contributed by atoms with E-state index in [1.165, 1.54) is 0 Å². The smallest absolute Gasteiger partial charge is 0.150 e. The van der Waals surface area contributed by atoms with Crippen LogP contribution in [0.2, 0.25) is 0 Å². The van der Waals surface area contributed by atoms with E-state index in [1.807, 2.05) is 12.1 Å². The van der Waals surface area contributed by atoms with Crippen LogP contribution in [0.5, 0.6) is 0 Å². The molecule has 0 aromatic heterocycles. The molecule has 0 radical (unpaired) electrons. The lowest BCUT2D eigenvalue weighted by atomic mass is 9.84. The minimum absolute atomic E-state index is 0.629. The van der Waals surface area contributed by atoms with Gasteiger partial charge in [0.1, 0.15) is 6.29 Å². The molecule has 3 heteroatoms. The SMILES string of the molecule is CN1CCC(O)(c2cccc(C=O)c2)CC1. The van der Waals surface area contributed by atoms with Crippen molar-refractivity contribution in [2.45, 2.75) is 18.4 Å². The number of rotatable bonds is 2. The van der Waals surface area contributed by atoms with Crippen molar-refractivity contribution in [2.24, 2.45) is 0 Å². The molecule has 1 saturated heterocycles. The quantitative estimate of drug-likeness (QED) is 0.765. The highest BCUT2D eigenvalue weighted by atomic mass is 16.3. The number of piperidine rings is 1. The highest BCUT2D eigenvalue weighted by molar-refractivity contribution is 5.75. The standard InChI is InChI=1S/C13H17NO2/c1-14-7-5-13(16,6-8-14)12-4-2-3-11(9-12)10-15/h2-4,9-10,16H,5-8H2,1H3. The molecular formula is C13H17NO2. The van der Waals surface area contributed by atoms with Crippen LogP contribution in [-0.4, -0.2) is 36.4 Å². The highest BCUT2D eigenvalue weighted by Crippen LogP contribution is 2.32. The fraction of sp³-hybridized carbons (Fsp3) is 0.462. The summed E-state index contributed by atoms with van der Waals surface area (Å²) in [5.41, 5.74) is 0.737. The van der Waals surface area contributed by atoms with Gasteiger partial charge in [-0.15, -0.1) is 0 Å². The van der Waals surface area contributed by atoms with Crippen molar-refractivity contribution < 1.29 is 9.90 Å². The molecule has 1 aromatic carbocycles. The summed E-state index contributed by atoms with van der Waals surface area (Å²) in [6.07, 6.45) is 2.28. The maximum absolute atomic E-state index is 10.7. The second kappa shape index (κ2) is 4.36. The fourth-order valence-corrected chi connectivity index (χ4v) is 2.18. The molecule has 0 bridgehead atoms. The summed E-state index contributed by atoms with van der Waals surface area (Å²) in [7, 11) is 2.06. The average molecular weight is 219 g/mol. The second-order valence-corrected chi connectivity index (χ2v) is 4.58. The molecule has 1 heterocycles. The molecule has 16 heavy (non-hydrogen) atoms. The largest absolute Gasteiger partial charge is 0.385 e. The van der Waals surface area contributed by atoms with Crippen molar-refractivity contribution in [2.75, 3.05) is 20.1 Å². The molecule has 0 aliphatic carbocycles. The Labute approximate surface area is 95.7 Å². The van der Waals surface area contributed by atoms with Crippen molar-refractivity contribution in [3.63, 3.8) is 0 Å². The van der Waals surface area contributed by atoms with Gasteiger partial charge in [-0.25, -0.2) is 0 Å². The molecule has 0 atom stereocenters. The Balaban J connectivity index is 2.25. The highest BCUT2D eigenvalue weighted by Gasteiger charge is 2.32. The zero-order valence-electron chi connectivity index (χ0n) is 9.52. The van der Waals surface area contributed by atoms with Crippen LogP contribution in [0.4, 0.5) is 0 Å². The van der Waals surface area contributed by atoms with Gasteiger partial charge in [0.15, 0.2) is 0 Å². The van der Waals surface area contributed by atoms with Gasteiger partial charge in [0.2, 0.25) is 0 Å². The number of hydrogen-bond acceptors (Lipinski definition) is 3. The number of aldehydes is 1. The Morgan fingerprint density at radius 2 is 2.06 bits per heavy atom. The summed E-state index contributed by atoms with van der Waals surface area (Å²) in [5.74, 6) is 0. The van der Waals surface area contributed by atoms with Gasteiger partial charge in [-0.2, -0.15) is 0 Å². The van der Waals surface area contributed by atoms with E-state index in [2.05, 4.69) is 11.9 Å². The molecular weight excluding hydrogens is 202 g/mol. The first kappa shape index (κ1) is 11.3. The zero-order valence-corrected chi connectivity index (χ0v) is 9.52. The van der Waals surface area contributed by atoms with Gasteiger partial charge in [-0.1, -0.05) is 18.2 Å². The number of likely N-dealkylation sites (tertiary alicyclic amines) is 1. The van der Waals surface area contributed by atoms with E-state index >= 15 is 0 Å². The normalized spacial score (nSPS) is 20.6. The van der Waals surface area contributed by atoms with Crippen molar-refractivity contribution in [1.82, 2.24) is 4.90 Å². The van der Waals surface area contributed by atoms with Crippen LogP contribution < -0.4 is 0 Å². The van der Waals surface area contributed by atoms with Gasteiger partial charge < -0.3 is 10.0 Å². The summed E-state index contributed by atoms with van der Waals surface area (Å²) in [4.78, 5) is 12.9. The fourth-order valence-electron chi connectivity index (χ4n) is 2.18. The third kappa shape index (κ3) is 2.15. The number of nitrogens with zero attached hydrogens (tertiary/aromatic N) is 1. The summed E-state index contributed by atoms with van der Waals surface area (Å²) >= 11 is 0. The minimum Gasteiger partial charge on any atom is -0.385 e. The second-order valence-electron chi connectivity index (χ2n) is 4.58. The number of hydrogen-bond donors (Lipinski definition) is 1. The van der Waals surface area contributed by atoms with Crippen LogP contribution in [0, 0.1) is 0 Å². The zero-order chi connectivity index (χ0) is 11.6. The van der Waals surface area contributed by atoms with E-state index in [1.54, 1.807) is 12.1 Å². The molecule has 3 nitrogen and oxygen atoms in total. The number of carbonyl (C=O) groups is 1. The molecule has 1 aliphatic rings. The molecule has 0 amide bonds. The topological polar surface area (TPSA) is 40.5 Å².